The first-order valence-electron chi connectivity index (χ1n) is 6.72. The van der Waals surface area contributed by atoms with Crippen LogP contribution in [0.3, 0.4) is 0 Å². The molecule has 98 valence electrons. The van der Waals surface area contributed by atoms with Crippen molar-refractivity contribution in [2.45, 2.75) is 26.7 Å². The Labute approximate surface area is 104 Å². The largest absolute Gasteiger partial charge is 0.381 e. The third kappa shape index (κ3) is 2.99. The van der Waals surface area contributed by atoms with Gasteiger partial charge in [-0.05, 0) is 25.2 Å². The number of piperidine rings is 1. The Morgan fingerprint density at radius 1 is 1.41 bits per heavy atom. The summed E-state index contributed by atoms with van der Waals surface area (Å²) in [6, 6.07) is 0. The van der Waals surface area contributed by atoms with Crippen LogP contribution in [0.4, 0.5) is 0 Å². The van der Waals surface area contributed by atoms with E-state index in [-0.39, 0.29) is 11.3 Å². The van der Waals surface area contributed by atoms with Crippen molar-refractivity contribution in [3.8, 4) is 0 Å². The van der Waals surface area contributed by atoms with Crippen LogP contribution in [0, 0.1) is 11.3 Å². The summed E-state index contributed by atoms with van der Waals surface area (Å²) in [5, 5.41) is 3.16. The highest BCUT2D eigenvalue weighted by Crippen LogP contribution is 2.31. The second-order valence-corrected chi connectivity index (χ2v) is 5.63. The van der Waals surface area contributed by atoms with Gasteiger partial charge in [-0.25, -0.2) is 0 Å². The molecule has 4 heteroatoms. The summed E-state index contributed by atoms with van der Waals surface area (Å²) in [5.74, 6) is 0.591. The minimum Gasteiger partial charge on any atom is -0.381 e. The van der Waals surface area contributed by atoms with Crippen molar-refractivity contribution in [2.24, 2.45) is 11.3 Å². The van der Waals surface area contributed by atoms with Crippen LogP contribution in [-0.2, 0) is 9.53 Å². The van der Waals surface area contributed by atoms with Gasteiger partial charge in [0, 0.05) is 32.8 Å². The van der Waals surface area contributed by atoms with E-state index in [1.54, 1.807) is 0 Å². The van der Waals surface area contributed by atoms with Crippen LogP contribution in [-0.4, -0.2) is 50.2 Å². The van der Waals surface area contributed by atoms with Crippen LogP contribution in [0.2, 0.25) is 0 Å². The highest BCUT2D eigenvalue weighted by molar-refractivity contribution is 5.80. The summed E-state index contributed by atoms with van der Waals surface area (Å²) in [7, 11) is 0. The van der Waals surface area contributed by atoms with E-state index in [2.05, 4.69) is 12.2 Å². The molecule has 2 aliphatic rings. The third-order valence-electron chi connectivity index (χ3n) is 4.07. The Bertz CT molecular complexity index is 269. The molecule has 2 fully saturated rings. The summed E-state index contributed by atoms with van der Waals surface area (Å²) in [6.07, 6.45) is 2.14. The van der Waals surface area contributed by atoms with Crippen LogP contribution in [0.15, 0.2) is 0 Å². The van der Waals surface area contributed by atoms with Crippen molar-refractivity contribution in [3.05, 3.63) is 0 Å². The molecular formula is C13H24N2O2. The van der Waals surface area contributed by atoms with E-state index < -0.39 is 0 Å². The van der Waals surface area contributed by atoms with E-state index >= 15 is 0 Å². The second-order valence-electron chi connectivity index (χ2n) is 5.63. The number of carbonyl (C=O) groups is 1. The predicted molar refractivity (Wildman–Crippen MR) is 66.8 cm³/mol. The normalized spacial score (nSPS) is 24.5. The molecule has 0 aromatic rings. The molecule has 0 aromatic heterocycles. The van der Waals surface area contributed by atoms with Crippen LogP contribution in [0.1, 0.15) is 26.7 Å². The molecule has 0 unspecified atom stereocenters. The molecule has 0 radical (unpaired) electrons. The fourth-order valence-electron chi connectivity index (χ4n) is 2.48. The van der Waals surface area contributed by atoms with Crippen molar-refractivity contribution in [2.75, 3.05) is 39.4 Å². The minimum atomic E-state index is 0.242. The first-order chi connectivity index (χ1) is 8.14. The quantitative estimate of drug-likeness (QED) is 0.793. The summed E-state index contributed by atoms with van der Waals surface area (Å²) < 4.78 is 5.54. The molecule has 2 saturated heterocycles. The van der Waals surface area contributed by atoms with Crippen molar-refractivity contribution in [1.82, 2.24) is 10.2 Å². The van der Waals surface area contributed by atoms with Gasteiger partial charge in [-0.3, -0.25) is 4.79 Å². The number of rotatable bonds is 4. The maximum absolute atomic E-state index is 12.1. The number of hydrogen-bond acceptors (Lipinski definition) is 3. The molecule has 1 amide bonds. The molecule has 0 spiro atoms. The average Bonchev–Trinajstić information content (AvgIpc) is 2.25. The second kappa shape index (κ2) is 5.36. The summed E-state index contributed by atoms with van der Waals surface area (Å²) in [6.45, 7) is 9.46. The molecule has 0 bridgehead atoms. The zero-order chi connectivity index (χ0) is 12.3. The van der Waals surface area contributed by atoms with Gasteiger partial charge in [-0.2, -0.15) is 0 Å². The van der Waals surface area contributed by atoms with Gasteiger partial charge in [0.25, 0.3) is 0 Å². The summed E-state index contributed by atoms with van der Waals surface area (Å²) in [4.78, 5) is 14.1. The van der Waals surface area contributed by atoms with Crippen LogP contribution < -0.4 is 5.32 Å². The highest BCUT2D eigenvalue weighted by atomic mass is 16.5. The lowest BCUT2D eigenvalue weighted by atomic mass is 9.81. The van der Waals surface area contributed by atoms with Gasteiger partial charge in [-0.1, -0.05) is 6.92 Å². The smallest absolute Gasteiger partial charge is 0.228 e. The Balaban J connectivity index is 1.78. The standard InChI is InChI=1S/C13H24N2O2/c1-3-17-10-13(2)4-6-15(7-5-13)12(16)11-8-14-9-11/h11,14H,3-10H2,1-2H3. The van der Waals surface area contributed by atoms with E-state index in [1.807, 2.05) is 11.8 Å². The number of nitrogens with one attached hydrogen (secondary N) is 1. The van der Waals surface area contributed by atoms with Gasteiger partial charge in [-0.15, -0.1) is 0 Å². The minimum absolute atomic E-state index is 0.242. The summed E-state index contributed by atoms with van der Waals surface area (Å²) >= 11 is 0. The number of likely N-dealkylation sites (tertiary alicyclic amines) is 1. The SMILES string of the molecule is CCOCC1(C)CCN(C(=O)C2CNC2)CC1. The van der Waals surface area contributed by atoms with Crippen LogP contribution in [0.5, 0.6) is 0 Å². The molecule has 1 N–H and O–H groups in total. The molecular weight excluding hydrogens is 216 g/mol. The van der Waals surface area contributed by atoms with Crippen molar-refractivity contribution in [3.63, 3.8) is 0 Å². The Morgan fingerprint density at radius 3 is 2.53 bits per heavy atom. The predicted octanol–water partition coefficient (Wildman–Crippen LogP) is 0.871. The Hall–Kier alpha value is -0.610. The molecule has 2 heterocycles. The number of nitrogens with zero attached hydrogens (tertiary/aromatic N) is 1. The van der Waals surface area contributed by atoms with Crippen LogP contribution >= 0.6 is 0 Å². The molecule has 0 atom stereocenters. The zero-order valence-corrected chi connectivity index (χ0v) is 11.0. The number of carbonyl (C=O) groups excluding carboxylic acids is 1. The fourth-order valence-corrected chi connectivity index (χ4v) is 2.48. The van der Waals surface area contributed by atoms with Gasteiger partial charge >= 0.3 is 0 Å². The van der Waals surface area contributed by atoms with Gasteiger partial charge < -0.3 is 15.0 Å². The number of hydrogen-bond donors (Lipinski definition) is 1. The van der Waals surface area contributed by atoms with Crippen molar-refractivity contribution >= 4 is 5.91 Å². The highest BCUT2D eigenvalue weighted by Gasteiger charge is 2.35. The lowest BCUT2D eigenvalue weighted by Gasteiger charge is -2.41. The Kier molecular flexibility index (Phi) is 4.05. The van der Waals surface area contributed by atoms with Gasteiger partial charge in [0.2, 0.25) is 5.91 Å². The van der Waals surface area contributed by atoms with E-state index in [0.717, 1.165) is 52.2 Å². The first kappa shape index (κ1) is 12.8. The third-order valence-corrected chi connectivity index (χ3v) is 4.07. The van der Waals surface area contributed by atoms with Crippen molar-refractivity contribution < 1.29 is 9.53 Å². The molecule has 0 aliphatic carbocycles. The van der Waals surface area contributed by atoms with E-state index in [0.29, 0.717) is 5.91 Å². The fraction of sp³-hybridized carbons (Fsp3) is 0.923. The Morgan fingerprint density at radius 2 is 2.06 bits per heavy atom. The number of ether oxygens (including phenoxy) is 1. The van der Waals surface area contributed by atoms with Gasteiger partial charge in [0.15, 0.2) is 0 Å². The van der Waals surface area contributed by atoms with E-state index in [1.165, 1.54) is 0 Å². The van der Waals surface area contributed by atoms with E-state index in [9.17, 15) is 4.79 Å². The van der Waals surface area contributed by atoms with Crippen LogP contribution in [0.25, 0.3) is 0 Å². The summed E-state index contributed by atoms with van der Waals surface area (Å²) in [5.41, 5.74) is 0.269. The molecule has 17 heavy (non-hydrogen) atoms. The molecule has 0 aromatic carbocycles. The maximum atomic E-state index is 12.1. The first-order valence-corrected chi connectivity index (χ1v) is 6.72. The molecule has 4 nitrogen and oxygen atoms in total. The van der Waals surface area contributed by atoms with Crippen molar-refractivity contribution in [1.29, 1.82) is 0 Å². The van der Waals surface area contributed by atoms with Gasteiger partial charge in [0.05, 0.1) is 12.5 Å². The zero-order valence-electron chi connectivity index (χ0n) is 11.0. The number of amides is 1. The molecule has 2 aliphatic heterocycles. The lowest BCUT2D eigenvalue weighted by Crippen LogP contribution is -2.54. The topological polar surface area (TPSA) is 41.6 Å². The lowest BCUT2D eigenvalue weighted by molar-refractivity contribution is -0.140. The monoisotopic (exact) mass is 240 g/mol. The average molecular weight is 240 g/mol. The molecule has 0 saturated carbocycles. The maximum Gasteiger partial charge on any atom is 0.228 e. The van der Waals surface area contributed by atoms with Gasteiger partial charge in [0.1, 0.15) is 0 Å². The van der Waals surface area contributed by atoms with E-state index in [4.69, 9.17) is 4.74 Å². The molecule has 2 rings (SSSR count).